The van der Waals surface area contributed by atoms with Gasteiger partial charge in [-0.05, 0) is 49.2 Å². The number of benzene rings is 2. The van der Waals surface area contributed by atoms with E-state index in [-0.39, 0.29) is 21.2 Å². The van der Waals surface area contributed by atoms with E-state index in [1.165, 1.54) is 46.8 Å². The third-order valence-corrected chi connectivity index (χ3v) is 6.22. The first kappa shape index (κ1) is 17.8. The molecule has 1 heterocycles. The maximum atomic E-state index is 13.8. The smallest absolute Gasteiger partial charge is 0.255 e. The number of hydrogen-bond acceptors (Lipinski definition) is 3. The molecule has 1 amide bonds. The molecule has 25 heavy (non-hydrogen) atoms. The van der Waals surface area contributed by atoms with Crippen molar-refractivity contribution in [2.75, 3.05) is 18.4 Å². The standard InChI is InChI=1S/C17H16ClFN2O3S/c18-14-4-3-5-15(16(14)19)20-17(22)12-6-8-13(9-7-12)25(23,24)21-10-1-2-11-21/h3-9H,1-2,10-11H2,(H,20,22). The van der Waals surface area contributed by atoms with Crippen molar-refractivity contribution in [1.82, 2.24) is 4.31 Å². The maximum absolute atomic E-state index is 13.8. The summed E-state index contributed by atoms with van der Waals surface area (Å²) in [5, 5.41) is 2.33. The number of rotatable bonds is 4. The zero-order chi connectivity index (χ0) is 18.0. The molecule has 0 bridgehead atoms. The summed E-state index contributed by atoms with van der Waals surface area (Å²) in [5.41, 5.74) is 0.186. The van der Waals surface area contributed by atoms with E-state index in [1.807, 2.05) is 0 Å². The summed E-state index contributed by atoms with van der Waals surface area (Å²) in [5.74, 6) is -1.27. The molecule has 132 valence electrons. The van der Waals surface area contributed by atoms with Gasteiger partial charge >= 0.3 is 0 Å². The highest BCUT2D eigenvalue weighted by atomic mass is 35.5. The molecule has 2 aromatic rings. The van der Waals surface area contributed by atoms with Gasteiger partial charge in [0.1, 0.15) is 0 Å². The molecule has 0 radical (unpaired) electrons. The lowest BCUT2D eigenvalue weighted by molar-refractivity contribution is 0.102. The first-order valence-corrected chi connectivity index (χ1v) is 9.57. The van der Waals surface area contributed by atoms with Crippen LogP contribution in [0.5, 0.6) is 0 Å². The third-order valence-electron chi connectivity index (χ3n) is 4.02. The Morgan fingerprint density at radius 3 is 2.36 bits per heavy atom. The summed E-state index contributed by atoms with van der Waals surface area (Å²) in [6.45, 7) is 1.03. The van der Waals surface area contributed by atoms with Crippen molar-refractivity contribution in [2.45, 2.75) is 17.7 Å². The third kappa shape index (κ3) is 3.68. The molecule has 0 aromatic heterocycles. The number of carbonyl (C=O) groups excluding carboxylic acids is 1. The fourth-order valence-corrected chi connectivity index (χ4v) is 4.34. The Balaban J connectivity index is 1.78. The molecule has 0 spiro atoms. The second-order valence-electron chi connectivity index (χ2n) is 5.69. The van der Waals surface area contributed by atoms with E-state index in [0.717, 1.165) is 12.8 Å². The van der Waals surface area contributed by atoms with E-state index in [4.69, 9.17) is 11.6 Å². The highest BCUT2D eigenvalue weighted by Gasteiger charge is 2.27. The molecule has 1 aliphatic rings. The van der Waals surface area contributed by atoms with Crippen LogP contribution in [0.15, 0.2) is 47.4 Å². The fraction of sp³-hybridized carbons (Fsp3) is 0.235. The van der Waals surface area contributed by atoms with E-state index < -0.39 is 21.7 Å². The van der Waals surface area contributed by atoms with Gasteiger partial charge in [0.05, 0.1) is 15.6 Å². The van der Waals surface area contributed by atoms with Crippen LogP contribution in [0.3, 0.4) is 0 Å². The summed E-state index contributed by atoms with van der Waals surface area (Å²) in [7, 11) is -3.53. The van der Waals surface area contributed by atoms with E-state index in [0.29, 0.717) is 13.1 Å². The van der Waals surface area contributed by atoms with Crippen LogP contribution < -0.4 is 5.32 Å². The topological polar surface area (TPSA) is 66.5 Å². The Kier molecular flexibility index (Phi) is 5.08. The van der Waals surface area contributed by atoms with Gasteiger partial charge in [0.2, 0.25) is 10.0 Å². The highest BCUT2D eigenvalue weighted by molar-refractivity contribution is 7.89. The lowest BCUT2D eigenvalue weighted by atomic mass is 10.2. The molecule has 8 heteroatoms. The number of nitrogens with one attached hydrogen (secondary N) is 1. The molecule has 0 unspecified atom stereocenters. The van der Waals surface area contributed by atoms with Crippen LogP contribution in [0.4, 0.5) is 10.1 Å². The van der Waals surface area contributed by atoms with Gasteiger partial charge in [0.15, 0.2) is 5.82 Å². The van der Waals surface area contributed by atoms with Crippen molar-refractivity contribution >= 4 is 33.2 Å². The van der Waals surface area contributed by atoms with Gasteiger partial charge in [-0.2, -0.15) is 4.31 Å². The van der Waals surface area contributed by atoms with Crippen LogP contribution in [0.1, 0.15) is 23.2 Å². The van der Waals surface area contributed by atoms with Gasteiger partial charge in [-0.3, -0.25) is 4.79 Å². The largest absolute Gasteiger partial charge is 0.319 e. The van der Waals surface area contributed by atoms with Crippen molar-refractivity contribution in [3.05, 3.63) is 58.9 Å². The van der Waals surface area contributed by atoms with Crippen molar-refractivity contribution in [3.63, 3.8) is 0 Å². The quantitative estimate of drug-likeness (QED) is 0.879. The predicted molar refractivity (Wildman–Crippen MR) is 93.8 cm³/mol. The Labute approximate surface area is 150 Å². The molecule has 1 saturated heterocycles. The van der Waals surface area contributed by atoms with Crippen LogP contribution in [0.25, 0.3) is 0 Å². The van der Waals surface area contributed by atoms with Crippen LogP contribution in [-0.4, -0.2) is 31.7 Å². The molecule has 3 rings (SSSR count). The normalized spacial score (nSPS) is 15.3. The van der Waals surface area contributed by atoms with Crippen LogP contribution >= 0.6 is 11.6 Å². The molecule has 1 aliphatic heterocycles. The van der Waals surface area contributed by atoms with E-state index in [1.54, 1.807) is 0 Å². The van der Waals surface area contributed by atoms with Crippen LogP contribution in [-0.2, 0) is 10.0 Å². The van der Waals surface area contributed by atoms with Gasteiger partial charge in [-0.1, -0.05) is 17.7 Å². The zero-order valence-corrected chi connectivity index (χ0v) is 14.8. The SMILES string of the molecule is O=C(Nc1cccc(Cl)c1F)c1ccc(S(=O)(=O)N2CCCC2)cc1. The fourth-order valence-electron chi connectivity index (χ4n) is 2.65. The number of halogens is 2. The second-order valence-corrected chi connectivity index (χ2v) is 8.04. The minimum absolute atomic E-state index is 0.0359. The van der Waals surface area contributed by atoms with Crippen molar-refractivity contribution < 1.29 is 17.6 Å². The molecule has 0 atom stereocenters. The van der Waals surface area contributed by atoms with Gasteiger partial charge in [-0.15, -0.1) is 0 Å². The average molecular weight is 383 g/mol. The van der Waals surface area contributed by atoms with Crippen LogP contribution in [0, 0.1) is 5.82 Å². The predicted octanol–water partition coefficient (Wildman–Crippen LogP) is 3.52. The number of hydrogen-bond donors (Lipinski definition) is 1. The number of anilines is 1. The van der Waals surface area contributed by atoms with Crippen LogP contribution in [0.2, 0.25) is 5.02 Å². The summed E-state index contributed by atoms with van der Waals surface area (Å²) < 4.78 is 40.2. The molecule has 1 N–H and O–H groups in total. The summed E-state index contributed by atoms with van der Waals surface area (Å²) in [6, 6.07) is 9.87. The number of carbonyl (C=O) groups is 1. The van der Waals surface area contributed by atoms with Gasteiger partial charge < -0.3 is 5.32 Å². The lowest BCUT2D eigenvalue weighted by Gasteiger charge is -2.15. The first-order valence-electron chi connectivity index (χ1n) is 7.75. The minimum Gasteiger partial charge on any atom is -0.319 e. The van der Waals surface area contributed by atoms with Gasteiger partial charge in [0.25, 0.3) is 5.91 Å². The Morgan fingerprint density at radius 1 is 1.08 bits per heavy atom. The molecular weight excluding hydrogens is 367 g/mol. The second kappa shape index (κ2) is 7.11. The van der Waals surface area contributed by atoms with E-state index in [9.17, 15) is 17.6 Å². The van der Waals surface area contributed by atoms with Crippen molar-refractivity contribution in [2.24, 2.45) is 0 Å². The van der Waals surface area contributed by atoms with E-state index in [2.05, 4.69) is 5.32 Å². The number of nitrogens with zero attached hydrogens (tertiary/aromatic N) is 1. The summed E-state index contributed by atoms with van der Waals surface area (Å²) in [4.78, 5) is 12.4. The Morgan fingerprint density at radius 2 is 1.72 bits per heavy atom. The molecule has 2 aromatic carbocycles. The number of amides is 1. The first-order chi connectivity index (χ1) is 11.9. The molecule has 1 fully saturated rings. The molecular formula is C17H16ClFN2O3S. The van der Waals surface area contributed by atoms with E-state index >= 15 is 0 Å². The average Bonchev–Trinajstić information content (AvgIpc) is 3.14. The summed E-state index contributed by atoms with van der Waals surface area (Å²) >= 11 is 5.68. The number of sulfonamides is 1. The monoisotopic (exact) mass is 382 g/mol. The lowest BCUT2D eigenvalue weighted by Crippen LogP contribution is -2.27. The maximum Gasteiger partial charge on any atom is 0.255 e. The highest BCUT2D eigenvalue weighted by Crippen LogP contribution is 2.24. The molecule has 5 nitrogen and oxygen atoms in total. The zero-order valence-electron chi connectivity index (χ0n) is 13.2. The Bertz CT molecular complexity index is 895. The van der Waals surface area contributed by atoms with Crippen molar-refractivity contribution in [1.29, 1.82) is 0 Å². The summed E-state index contributed by atoms with van der Waals surface area (Å²) in [6.07, 6.45) is 1.70. The van der Waals surface area contributed by atoms with Gasteiger partial charge in [-0.25, -0.2) is 12.8 Å². The Hall–Kier alpha value is -1.96. The molecule has 0 aliphatic carbocycles. The van der Waals surface area contributed by atoms with Gasteiger partial charge in [0, 0.05) is 18.7 Å². The van der Waals surface area contributed by atoms with Crippen molar-refractivity contribution in [3.8, 4) is 0 Å². The minimum atomic E-state index is -3.53. The molecule has 0 saturated carbocycles.